The van der Waals surface area contributed by atoms with Gasteiger partial charge in [-0.1, -0.05) is 31.9 Å². The molecule has 164 valence electrons. The minimum absolute atomic E-state index is 0.00670. The number of phenolic OH excluding ortho intramolecular Hbond substituents is 1. The number of benzene rings is 1. The molecule has 1 aliphatic carbocycles. The van der Waals surface area contributed by atoms with Gasteiger partial charge < -0.3 is 20.3 Å². The van der Waals surface area contributed by atoms with E-state index in [-0.39, 0.29) is 41.7 Å². The van der Waals surface area contributed by atoms with Crippen molar-refractivity contribution in [2.75, 3.05) is 6.54 Å². The van der Waals surface area contributed by atoms with Gasteiger partial charge in [0.05, 0.1) is 12.0 Å². The standard InChI is InChI=1S/C24H33NO5/c1-4-5-6-9-15-14-18-21(16-10-7-8-11-17(16)24(2,3)30-18)22(28)20(15)23(29)25-13-12-19(26)27/h7,10,14,16-17,28H,4-6,8-9,11-13H2,1-3H3,(H,25,29)(H,26,27). The van der Waals surface area contributed by atoms with Crippen molar-refractivity contribution < 1.29 is 24.5 Å². The fourth-order valence-corrected chi connectivity index (χ4v) is 4.77. The molecule has 3 N–H and O–H groups in total. The number of rotatable bonds is 8. The van der Waals surface area contributed by atoms with Crippen molar-refractivity contribution in [2.24, 2.45) is 5.92 Å². The molecular formula is C24H33NO5. The molecule has 1 aromatic rings. The molecular weight excluding hydrogens is 382 g/mol. The van der Waals surface area contributed by atoms with E-state index < -0.39 is 11.9 Å². The summed E-state index contributed by atoms with van der Waals surface area (Å²) in [6.45, 7) is 6.32. The number of phenols is 1. The molecule has 0 saturated heterocycles. The number of aromatic hydroxyl groups is 1. The third-order valence-corrected chi connectivity index (χ3v) is 6.31. The van der Waals surface area contributed by atoms with Crippen molar-refractivity contribution in [3.63, 3.8) is 0 Å². The minimum atomic E-state index is -0.973. The number of fused-ring (bicyclic) bond motifs is 3. The Morgan fingerprint density at radius 2 is 2.07 bits per heavy atom. The zero-order chi connectivity index (χ0) is 21.9. The van der Waals surface area contributed by atoms with Crippen molar-refractivity contribution in [1.82, 2.24) is 5.32 Å². The molecule has 0 spiro atoms. The molecule has 0 bridgehead atoms. The lowest BCUT2D eigenvalue weighted by Crippen LogP contribution is -2.45. The van der Waals surface area contributed by atoms with Crippen molar-refractivity contribution >= 4 is 11.9 Å². The number of carboxylic acids is 1. The van der Waals surface area contributed by atoms with Gasteiger partial charge in [-0.2, -0.15) is 0 Å². The van der Waals surface area contributed by atoms with Crippen LogP contribution >= 0.6 is 0 Å². The van der Waals surface area contributed by atoms with Crippen molar-refractivity contribution in [1.29, 1.82) is 0 Å². The zero-order valence-electron chi connectivity index (χ0n) is 18.2. The largest absolute Gasteiger partial charge is 0.507 e. The average Bonchev–Trinajstić information content (AvgIpc) is 2.67. The molecule has 1 aliphatic heterocycles. The number of aliphatic carboxylic acids is 1. The van der Waals surface area contributed by atoms with Gasteiger partial charge >= 0.3 is 5.97 Å². The zero-order valence-corrected chi connectivity index (χ0v) is 18.2. The maximum Gasteiger partial charge on any atom is 0.305 e. The molecule has 1 amide bonds. The van der Waals surface area contributed by atoms with Crippen molar-refractivity contribution in [3.8, 4) is 11.5 Å². The molecule has 1 heterocycles. The minimum Gasteiger partial charge on any atom is -0.507 e. The predicted molar refractivity (Wildman–Crippen MR) is 115 cm³/mol. The summed E-state index contributed by atoms with van der Waals surface area (Å²) in [6, 6.07) is 1.91. The first-order valence-electron chi connectivity index (χ1n) is 11.0. The number of carboxylic acid groups (broad SMARTS) is 1. The lowest BCUT2D eigenvalue weighted by atomic mass is 9.69. The fraction of sp³-hybridized carbons (Fsp3) is 0.583. The van der Waals surface area contributed by atoms with E-state index >= 15 is 0 Å². The van der Waals surface area contributed by atoms with E-state index in [4.69, 9.17) is 9.84 Å². The van der Waals surface area contributed by atoms with Crippen LogP contribution in [0, 0.1) is 5.92 Å². The number of amides is 1. The Hall–Kier alpha value is -2.50. The molecule has 6 nitrogen and oxygen atoms in total. The summed E-state index contributed by atoms with van der Waals surface area (Å²) in [5, 5.41) is 22.8. The average molecular weight is 416 g/mol. The summed E-state index contributed by atoms with van der Waals surface area (Å²) in [7, 11) is 0. The highest BCUT2D eigenvalue weighted by molar-refractivity contribution is 5.99. The molecule has 0 saturated carbocycles. The maximum absolute atomic E-state index is 13.0. The van der Waals surface area contributed by atoms with Crippen LogP contribution in [-0.4, -0.2) is 34.2 Å². The maximum atomic E-state index is 13.0. The van der Waals surface area contributed by atoms with Crippen LogP contribution in [0.15, 0.2) is 18.2 Å². The van der Waals surface area contributed by atoms with E-state index in [9.17, 15) is 14.7 Å². The molecule has 0 aromatic heterocycles. The van der Waals surface area contributed by atoms with Crippen LogP contribution in [0.1, 0.15) is 86.7 Å². The molecule has 1 aromatic carbocycles. The Morgan fingerprint density at radius 1 is 1.30 bits per heavy atom. The number of carbonyl (C=O) groups excluding carboxylic acids is 1. The van der Waals surface area contributed by atoms with E-state index in [1.165, 1.54) is 0 Å². The third-order valence-electron chi connectivity index (χ3n) is 6.31. The van der Waals surface area contributed by atoms with Crippen LogP contribution in [0.2, 0.25) is 0 Å². The Labute approximate surface area is 178 Å². The van der Waals surface area contributed by atoms with Crippen LogP contribution < -0.4 is 10.1 Å². The number of hydrogen-bond donors (Lipinski definition) is 3. The van der Waals surface area contributed by atoms with Gasteiger partial charge in [-0.05, 0) is 51.2 Å². The first-order chi connectivity index (χ1) is 14.3. The number of carbonyl (C=O) groups is 2. The SMILES string of the molecule is CCCCCc1cc2c(c(O)c1C(=O)NCCC(=O)O)C1C=CCCC1C(C)(C)O2. The molecule has 0 fully saturated rings. The Balaban J connectivity index is 2.04. The number of ether oxygens (including phenoxy) is 1. The highest BCUT2D eigenvalue weighted by Crippen LogP contribution is 2.53. The molecule has 0 radical (unpaired) electrons. The second-order valence-electron chi connectivity index (χ2n) is 8.87. The van der Waals surface area contributed by atoms with Gasteiger partial charge in [0, 0.05) is 23.9 Å². The van der Waals surface area contributed by atoms with Crippen molar-refractivity contribution in [2.45, 2.75) is 77.2 Å². The van der Waals surface area contributed by atoms with Crippen molar-refractivity contribution in [3.05, 3.63) is 34.9 Å². The van der Waals surface area contributed by atoms with Gasteiger partial charge in [0.15, 0.2) is 0 Å². The van der Waals surface area contributed by atoms with Crippen LogP contribution in [-0.2, 0) is 11.2 Å². The normalized spacial score (nSPS) is 21.3. The fourth-order valence-electron chi connectivity index (χ4n) is 4.77. The van der Waals surface area contributed by atoms with Gasteiger partial charge in [0.25, 0.3) is 5.91 Å². The van der Waals surface area contributed by atoms with E-state index in [1.54, 1.807) is 0 Å². The van der Waals surface area contributed by atoms with E-state index in [0.717, 1.165) is 37.7 Å². The van der Waals surface area contributed by atoms with Gasteiger partial charge in [-0.3, -0.25) is 9.59 Å². The summed E-state index contributed by atoms with van der Waals surface area (Å²) in [5.41, 5.74) is 1.33. The quantitative estimate of drug-likeness (QED) is 0.428. The summed E-state index contributed by atoms with van der Waals surface area (Å²) in [5.74, 6) is -0.562. The Kier molecular flexibility index (Phi) is 6.74. The van der Waals surface area contributed by atoms with E-state index in [2.05, 4.69) is 38.2 Å². The number of aryl methyl sites for hydroxylation is 1. The second kappa shape index (κ2) is 9.11. The van der Waals surface area contributed by atoms with Gasteiger partial charge in [-0.25, -0.2) is 0 Å². The highest BCUT2D eigenvalue weighted by atomic mass is 16.5. The summed E-state index contributed by atoms with van der Waals surface area (Å²) < 4.78 is 6.36. The van der Waals surface area contributed by atoms with E-state index in [0.29, 0.717) is 17.7 Å². The van der Waals surface area contributed by atoms with Crippen LogP contribution in [0.4, 0.5) is 0 Å². The monoisotopic (exact) mass is 415 g/mol. The van der Waals surface area contributed by atoms with Crippen LogP contribution in [0.25, 0.3) is 0 Å². The van der Waals surface area contributed by atoms with Gasteiger partial charge in [-0.15, -0.1) is 0 Å². The predicted octanol–water partition coefficient (Wildman–Crippen LogP) is 4.55. The lowest BCUT2D eigenvalue weighted by Gasteiger charge is -2.46. The Bertz CT molecular complexity index is 842. The molecule has 6 heteroatoms. The first kappa shape index (κ1) is 22.2. The van der Waals surface area contributed by atoms with Gasteiger partial charge in [0.2, 0.25) is 0 Å². The second-order valence-corrected chi connectivity index (χ2v) is 8.87. The van der Waals surface area contributed by atoms with Gasteiger partial charge in [0.1, 0.15) is 17.1 Å². The highest BCUT2D eigenvalue weighted by Gasteiger charge is 2.45. The molecule has 3 rings (SSSR count). The van der Waals surface area contributed by atoms with E-state index in [1.807, 2.05) is 6.07 Å². The lowest BCUT2D eigenvalue weighted by molar-refractivity contribution is -0.136. The topological polar surface area (TPSA) is 95.9 Å². The Morgan fingerprint density at radius 3 is 2.77 bits per heavy atom. The molecule has 30 heavy (non-hydrogen) atoms. The number of nitrogens with one attached hydrogen (secondary N) is 1. The summed E-state index contributed by atoms with van der Waals surface area (Å²) in [4.78, 5) is 23.8. The number of hydrogen-bond acceptors (Lipinski definition) is 4. The smallest absolute Gasteiger partial charge is 0.305 e. The third kappa shape index (κ3) is 4.47. The summed E-state index contributed by atoms with van der Waals surface area (Å²) >= 11 is 0. The summed E-state index contributed by atoms with van der Waals surface area (Å²) in [6.07, 6.45) is 9.67. The molecule has 2 aliphatic rings. The molecule has 2 unspecified atom stereocenters. The van der Waals surface area contributed by atoms with Crippen LogP contribution in [0.3, 0.4) is 0 Å². The number of allylic oxidation sites excluding steroid dienone is 2. The first-order valence-corrected chi connectivity index (χ1v) is 11.0. The van der Waals surface area contributed by atoms with Crippen LogP contribution in [0.5, 0.6) is 11.5 Å². The number of unbranched alkanes of at least 4 members (excludes halogenated alkanes) is 2. The molecule has 2 atom stereocenters.